The van der Waals surface area contributed by atoms with Crippen molar-refractivity contribution in [1.82, 2.24) is 9.55 Å². The molecule has 0 unspecified atom stereocenters. The van der Waals surface area contributed by atoms with Crippen molar-refractivity contribution in [1.29, 1.82) is 0 Å². The van der Waals surface area contributed by atoms with Crippen molar-refractivity contribution < 1.29 is 4.79 Å². The van der Waals surface area contributed by atoms with E-state index in [1.807, 2.05) is 98.8 Å². The van der Waals surface area contributed by atoms with Crippen LogP contribution in [0.15, 0.2) is 107 Å². The van der Waals surface area contributed by atoms with E-state index in [-0.39, 0.29) is 11.5 Å². The van der Waals surface area contributed by atoms with Gasteiger partial charge in [-0.2, -0.15) is 0 Å². The number of amides is 1. The lowest BCUT2D eigenvalue weighted by molar-refractivity contribution is -0.115. The number of hydrogen-bond acceptors (Lipinski definition) is 4. The van der Waals surface area contributed by atoms with Gasteiger partial charge in [0.1, 0.15) is 5.25 Å². The van der Waals surface area contributed by atoms with E-state index < -0.39 is 5.25 Å². The first-order chi connectivity index (χ1) is 17.9. The highest BCUT2D eigenvalue weighted by Gasteiger charge is 2.26. The minimum absolute atomic E-state index is 0.181. The largest absolute Gasteiger partial charge is 0.325 e. The number of hydrogen-bond donors (Lipinski definition) is 1. The van der Waals surface area contributed by atoms with Crippen molar-refractivity contribution in [3.63, 3.8) is 0 Å². The lowest BCUT2D eigenvalue weighted by Crippen LogP contribution is -2.25. The molecule has 5 rings (SSSR count). The van der Waals surface area contributed by atoms with Crippen LogP contribution < -0.4 is 10.9 Å². The molecule has 0 saturated carbocycles. The van der Waals surface area contributed by atoms with Crippen LogP contribution in [0.5, 0.6) is 0 Å². The maximum atomic E-state index is 13.7. The highest BCUT2D eigenvalue weighted by Crippen LogP contribution is 2.37. The van der Waals surface area contributed by atoms with Crippen molar-refractivity contribution in [2.45, 2.75) is 24.3 Å². The number of aromatic nitrogens is 2. The molecule has 0 aliphatic heterocycles. The number of carbonyl (C=O) groups excluding carboxylic acids is 1. The van der Waals surface area contributed by atoms with E-state index in [1.165, 1.54) is 11.8 Å². The Hall–Kier alpha value is -3.87. The maximum absolute atomic E-state index is 13.7. The number of fused-ring (bicyclic) bond motifs is 1. The zero-order valence-corrected chi connectivity index (χ0v) is 21.9. The maximum Gasteiger partial charge on any atom is 0.266 e. The second-order valence-electron chi connectivity index (χ2n) is 8.70. The predicted molar refractivity (Wildman–Crippen MR) is 152 cm³/mol. The van der Waals surface area contributed by atoms with E-state index in [0.717, 1.165) is 22.4 Å². The van der Waals surface area contributed by atoms with Gasteiger partial charge in [0.25, 0.3) is 5.56 Å². The molecule has 0 aliphatic carbocycles. The summed E-state index contributed by atoms with van der Waals surface area (Å²) >= 11 is 7.54. The number of anilines is 1. The molecule has 1 N–H and O–H groups in total. The van der Waals surface area contributed by atoms with Gasteiger partial charge in [-0.1, -0.05) is 90.1 Å². The Morgan fingerprint density at radius 3 is 2.35 bits per heavy atom. The summed E-state index contributed by atoms with van der Waals surface area (Å²) < 4.78 is 1.61. The van der Waals surface area contributed by atoms with Crippen LogP contribution in [0.4, 0.5) is 5.69 Å². The van der Waals surface area contributed by atoms with Crippen LogP contribution in [0.1, 0.15) is 21.9 Å². The number of benzene rings is 4. The van der Waals surface area contributed by atoms with Crippen molar-refractivity contribution in [3.8, 4) is 5.69 Å². The van der Waals surface area contributed by atoms with E-state index in [4.69, 9.17) is 16.6 Å². The molecule has 1 aromatic heterocycles. The summed E-state index contributed by atoms with van der Waals surface area (Å²) in [7, 11) is 0. The number of halogens is 1. The fourth-order valence-electron chi connectivity index (χ4n) is 4.10. The van der Waals surface area contributed by atoms with E-state index in [0.29, 0.717) is 26.8 Å². The molecule has 0 bridgehead atoms. The van der Waals surface area contributed by atoms with Gasteiger partial charge >= 0.3 is 0 Å². The molecule has 4 aromatic carbocycles. The standard InChI is InChI=1S/C30H24ClN3O2S/c1-19-16-17-22(18-24(19)31)32-28(35)27(21-11-4-3-5-12-21)37-30-33-25-14-8-7-13-23(25)29(36)34(30)26-15-9-6-10-20(26)2/h3-18,27H,1-2H3,(H,32,35)/t27-/m1/s1. The highest BCUT2D eigenvalue weighted by atomic mass is 35.5. The van der Waals surface area contributed by atoms with Gasteiger partial charge in [-0.15, -0.1) is 0 Å². The Balaban J connectivity index is 1.64. The Morgan fingerprint density at radius 2 is 1.59 bits per heavy atom. The van der Waals surface area contributed by atoms with Crippen molar-refractivity contribution in [3.05, 3.63) is 129 Å². The van der Waals surface area contributed by atoms with Crippen LogP contribution in [0.2, 0.25) is 5.02 Å². The molecule has 184 valence electrons. The molecule has 1 atom stereocenters. The average Bonchev–Trinajstić information content (AvgIpc) is 2.91. The quantitative estimate of drug-likeness (QED) is 0.189. The van der Waals surface area contributed by atoms with E-state index in [9.17, 15) is 9.59 Å². The van der Waals surface area contributed by atoms with Crippen LogP contribution in [0.25, 0.3) is 16.6 Å². The third kappa shape index (κ3) is 5.17. The zero-order valence-electron chi connectivity index (χ0n) is 20.3. The van der Waals surface area contributed by atoms with Crippen molar-refractivity contribution in [2.75, 3.05) is 5.32 Å². The Kier molecular flexibility index (Phi) is 7.12. The minimum atomic E-state index is -0.676. The van der Waals surface area contributed by atoms with Gasteiger partial charge in [-0.25, -0.2) is 4.98 Å². The number of thioether (sulfide) groups is 1. The van der Waals surface area contributed by atoms with Crippen LogP contribution in [-0.4, -0.2) is 15.5 Å². The fraction of sp³-hybridized carbons (Fsp3) is 0.100. The molecule has 0 spiro atoms. The van der Waals surface area contributed by atoms with Gasteiger partial charge in [0.2, 0.25) is 5.91 Å². The molecule has 5 aromatic rings. The first-order valence-electron chi connectivity index (χ1n) is 11.8. The zero-order chi connectivity index (χ0) is 25.9. The second kappa shape index (κ2) is 10.6. The van der Waals surface area contributed by atoms with Crippen molar-refractivity contribution >= 4 is 45.9 Å². The Bertz CT molecular complexity index is 1670. The third-order valence-electron chi connectivity index (χ3n) is 6.10. The third-order valence-corrected chi connectivity index (χ3v) is 7.72. The summed E-state index contributed by atoms with van der Waals surface area (Å²) in [6.07, 6.45) is 0. The monoisotopic (exact) mass is 525 g/mol. The molecule has 0 fully saturated rings. The minimum Gasteiger partial charge on any atom is -0.325 e. The molecule has 7 heteroatoms. The number of carbonyl (C=O) groups is 1. The summed E-state index contributed by atoms with van der Waals surface area (Å²) in [6, 6.07) is 29.8. The van der Waals surface area contributed by atoms with E-state index >= 15 is 0 Å². The topological polar surface area (TPSA) is 64.0 Å². The van der Waals surface area contributed by atoms with Gasteiger partial charge in [0.15, 0.2) is 5.16 Å². The molecule has 37 heavy (non-hydrogen) atoms. The molecule has 5 nitrogen and oxygen atoms in total. The number of nitrogens with one attached hydrogen (secondary N) is 1. The number of nitrogens with zero attached hydrogens (tertiary/aromatic N) is 2. The molecule has 0 aliphatic rings. The molecular formula is C30H24ClN3O2S. The fourth-order valence-corrected chi connectivity index (χ4v) is 5.39. The van der Waals surface area contributed by atoms with Gasteiger partial charge < -0.3 is 5.32 Å². The highest BCUT2D eigenvalue weighted by molar-refractivity contribution is 8.00. The van der Waals surface area contributed by atoms with Crippen LogP contribution >= 0.6 is 23.4 Å². The van der Waals surface area contributed by atoms with Gasteiger partial charge in [-0.05, 0) is 60.9 Å². The number of para-hydroxylation sites is 2. The predicted octanol–water partition coefficient (Wildman–Crippen LogP) is 7.13. The summed E-state index contributed by atoms with van der Waals surface area (Å²) in [5.41, 5.74) is 4.38. The number of rotatable bonds is 6. The molecule has 0 saturated heterocycles. The summed E-state index contributed by atoms with van der Waals surface area (Å²) in [6.45, 7) is 3.86. The average molecular weight is 526 g/mol. The molecule has 0 radical (unpaired) electrons. The summed E-state index contributed by atoms with van der Waals surface area (Å²) in [5, 5.41) is 3.84. The Labute approximate surface area is 224 Å². The smallest absolute Gasteiger partial charge is 0.266 e. The van der Waals surface area contributed by atoms with E-state index in [2.05, 4.69) is 5.32 Å². The first-order valence-corrected chi connectivity index (χ1v) is 13.0. The summed E-state index contributed by atoms with van der Waals surface area (Å²) in [5.74, 6) is -0.241. The van der Waals surface area contributed by atoms with Crippen LogP contribution in [0.3, 0.4) is 0 Å². The lowest BCUT2D eigenvalue weighted by atomic mass is 10.1. The number of aryl methyl sites for hydroxylation is 2. The van der Waals surface area contributed by atoms with E-state index in [1.54, 1.807) is 16.7 Å². The van der Waals surface area contributed by atoms with Gasteiger partial charge in [0.05, 0.1) is 16.6 Å². The normalized spacial score (nSPS) is 11.9. The SMILES string of the molecule is Cc1ccc(NC(=O)[C@H](Sc2nc3ccccc3c(=O)n2-c2ccccc2C)c2ccccc2)cc1Cl. The first kappa shape index (κ1) is 24.8. The lowest BCUT2D eigenvalue weighted by Gasteiger charge is -2.20. The molecule has 1 heterocycles. The van der Waals surface area contributed by atoms with Crippen LogP contribution in [0, 0.1) is 13.8 Å². The summed E-state index contributed by atoms with van der Waals surface area (Å²) in [4.78, 5) is 32.3. The van der Waals surface area contributed by atoms with Gasteiger partial charge in [0, 0.05) is 10.7 Å². The second-order valence-corrected chi connectivity index (χ2v) is 10.2. The molecule has 1 amide bonds. The van der Waals surface area contributed by atoms with Crippen LogP contribution in [-0.2, 0) is 4.79 Å². The molecular weight excluding hydrogens is 502 g/mol. The van der Waals surface area contributed by atoms with Gasteiger partial charge in [-0.3, -0.25) is 14.2 Å². The Morgan fingerprint density at radius 1 is 0.892 bits per heavy atom. The van der Waals surface area contributed by atoms with Crippen molar-refractivity contribution in [2.24, 2.45) is 0 Å².